The summed E-state index contributed by atoms with van der Waals surface area (Å²) in [6, 6.07) is 0.532. The Balaban J connectivity index is 2.05. The van der Waals surface area contributed by atoms with Gasteiger partial charge >= 0.3 is 0 Å². The molecule has 0 saturated heterocycles. The van der Waals surface area contributed by atoms with Gasteiger partial charge in [0.25, 0.3) is 0 Å². The fourth-order valence-corrected chi connectivity index (χ4v) is 2.12. The van der Waals surface area contributed by atoms with Crippen LogP contribution in [0, 0.1) is 12.8 Å². The van der Waals surface area contributed by atoms with Crippen LogP contribution in [0.2, 0.25) is 0 Å². The van der Waals surface area contributed by atoms with Crippen molar-refractivity contribution in [2.75, 3.05) is 11.1 Å². The Labute approximate surface area is 97.2 Å². The molecule has 16 heavy (non-hydrogen) atoms. The Morgan fingerprint density at radius 1 is 1.56 bits per heavy atom. The average molecular weight is 222 g/mol. The van der Waals surface area contributed by atoms with Crippen molar-refractivity contribution in [1.82, 2.24) is 9.78 Å². The summed E-state index contributed by atoms with van der Waals surface area (Å²) in [6.45, 7) is 4.17. The second-order valence-electron chi connectivity index (χ2n) is 4.90. The van der Waals surface area contributed by atoms with Gasteiger partial charge in [0, 0.05) is 13.1 Å². The maximum absolute atomic E-state index is 6.01. The lowest BCUT2D eigenvalue weighted by molar-refractivity contribution is 0.579. The molecule has 1 aliphatic carbocycles. The van der Waals surface area contributed by atoms with Crippen molar-refractivity contribution >= 4 is 11.5 Å². The van der Waals surface area contributed by atoms with Crippen molar-refractivity contribution in [3.8, 4) is 0 Å². The fourth-order valence-electron chi connectivity index (χ4n) is 2.12. The Bertz CT molecular complexity index is 365. The van der Waals surface area contributed by atoms with Crippen LogP contribution in [0.15, 0.2) is 0 Å². The molecule has 0 aromatic carbocycles. The van der Waals surface area contributed by atoms with E-state index in [0.29, 0.717) is 6.04 Å². The zero-order chi connectivity index (χ0) is 11.7. The van der Waals surface area contributed by atoms with E-state index in [1.807, 2.05) is 18.7 Å². The minimum Gasteiger partial charge on any atom is -0.394 e. The SMILES string of the molecule is CCC(CC1CC1)Nc1c(N)c(C)nn1C. The van der Waals surface area contributed by atoms with Crippen LogP contribution in [0.3, 0.4) is 0 Å². The number of rotatable bonds is 5. The maximum Gasteiger partial charge on any atom is 0.147 e. The molecule has 0 bridgehead atoms. The minimum absolute atomic E-state index is 0.532. The Morgan fingerprint density at radius 2 is 2.25 bits per heavy atom. The van der Waals surface area contributed by atoms with E-state index in [1.165, 1.54) is 19.3 Å². The van der Waals surface area contributed by atoms with Gasteiger partial charge in [-0.1, -0.05) is 19.8 Å². The Hall–Kier alpha value is -1.19. The standard InChI is InChI=1S/C12H22N4/c1-4-10(7-9-5-6-9)14-12-11(13)8(2)15-16(12)3/h9-10,14H,4-7,13H2,1-3H3. The first-order chi connectivity index (χ1) is 7.61. The molecule has 90 valence electrons. The lowest BCUT2D eigenvalue weighted by Crippen LogP contribution is -2.21. The Kier molecular flexibility index (Phi) is 3.08. The van der Waals surface area contributed by atoms with Crippen LogP contribution in [-0.4, -0.2) is 15.8 Å². The molecule has 0 aliphatic heterocycles. The van der Waals surface area contributed by atoms with Crippen molar-refractivity contribution in [2.24, 2.45) is 13.0 Å². The van der Waals surface area contributed by atoms with Crippen LogP contribution in [0.5, 0.6) is 0 Å². The predicted molar refractivity (Wildman–Crippen MR) is 67.4 cm³/mol. The third kappa shape index (κ3) is 2.31. The highest BCUT2D eigenvalue weighted by Gasteiger charge is 2.25. The Morgan fingerprint density at radius 3 is 2.69 bits per heavy atom. The van der Waals surface area contributed by atoms with Crippen molar-refractivity contribution < 1.29 is 0 Å². The molecule has 0 radical (unpaired) electrons. The third-order valence-electron chi connectivity index (χ3n) is 3.42. The summed E-state index contributed by atoms with van der Waals surface area (Å²) < 4.78 is 1.85. The molecule has 1 aromatic rings. The molecule has 1 saturated carbocycles. The van der Waals surface area contributed by atoms with E-state index in [0.717, 1.165) is 29.5 Å². The van der Waals surface area contributed by atoms with Crippen LogP contribution in [0.1, 0.15) is 38.3 Å². The predicted octanol–water partition coefficient (Wildman–Crippen LogP) is 2.30. The van der Waals surface area contributed by atoms with E-state index in [9.17, 15) is 0 Å². The van der Waals surface area contributed by atoms with Crippen LogP contribution >= 0.6 is 0 Å². The molecule has 1 fully saturated rings. The van der Waals surface area contributed by atoms with Gasteiger partial charge < -0.3 is 11.1 Å². The second kappa shape index (κ2) is 4.36. The number of nitrogens with two attached hydrogens (primary N) is 1. The maximum atomic E-state index is 6.01. The van der Waals surface area contributed by atoms with Gasteiger partial charge in [0.05, 0.1) is 11.4 Å². The first-order valence-corrected chi connectivity index (χ1v) is 6.17. The molecule has 4 heteroatoms. The van der Waals surface area contributed by atoms with Crippen molar-refractivity contribution in [3.63, 3.8) is 0 Å². The molecule has 1 aliphatic rings. The first kappa shape index (κ1) is 11.3. The summed E-state index contributed by atoms with van der Waals surface area (Å²) in [5.41, 5.74) is 7.70. The van der Waals surface area contributed by atoms with Crippen molar-refractivity contribution in [3.05, 3.63) is 5.69 Å². The third-order valence-corrected chi connectivity index (χ3v) is 3.42. The van der Waals surface area contributed by atoms with Crippen LogP contribution in [-0.2, 0) is 7.05 Å². The fraction of sp³-hybridized carbons (Fsp3) is 0.750. The number of hydrogen-bond acceptors (Lipinski definition) is 3. The summed E-state index contributed by atoms with van der Waals surface area (Å²) in [4.78, 5) is 0. The van der Waals surface area contributed by atoms with Gasteiger partial charge in [-0.2, -0.15) is 5.10 Å². The lowest BCUT2D eigenvalue weighted by Gasteiger charge is -2.18. The summed E-state index contributed by atoms with van der Waals surface area (Å²) in [5.74, 6) is 1.91. The molecule has 2 rings (SSSR count). The number of aromatic nitrogens is 2. The molecule has 3 N–H and O–H groups in total. The van der Waals surface area contributed by atoms with Gasteiger partial charge in [-0.15, -0.1) is 0 Å². The van der Waals surface area contributed by atoms with E-state index in [2.05, 4.69) is 17.3 Å². The smallest absolute Gasteiger partial charge is 0.147 e. The zero-order valence-electron chi connectivity index (χ0n) is 10.5. The molecular weight excluding hydrogens is 200 g/mol. The molecule has 1 atom stereocenters. The van der Waals surface area contributed by atoms with Crippen LogP contribution in [0.4, 0.5) is 11.5 Å². The zero-order valence-corrected chi connectivity index (χ0v) is 10.5. The molecule has 1 aromatic heterocycles. The second-order valence-corrected chi connectivity index (χ2v) is 4.90. The molecular formula is C12H22N4. The van der Waals surface area contributed by atoms with Gasteiger partial charge in [-0.3, -0.25) is 4.68 Å². The highest BCUT2D eigenvalue weighted by atomic mass is 15.3. The number of nitrogens with one attached hydrogen (secondary N) is 1. The van der Waals surface area contributed by atoms with E-state index in [-0.39, 0.29) is 0 Å². The normalized spacial score (nSPS) is 17.4. The highest BCUT2D eigenvalue weighted by molar-refractivity contribution is 5.64. The van der Waals surface area contributed by atoms with Gasteiger partial charge in [-0.05, 0) is 25.7 Å². The number of nitrogen functional groups attached to an aromatic ring is 1. The number of hydrogen-bond donors (Lipinski definition) is 2. The van der Waals surface area contributed by atoms with E-state index < -0.39 is 0 Å². The number of anilines is 2. The van der Waals surface area contributed by atoms with Gasteiger partial charge in [0.1, 0.15) is 5.82 Å². The first-order valence-electron chi connectivity index (χ1n) is 6.17. The summed E-state index contributed by atoms with van der Waals surface area (Å²) in [6.07, 6.45) is 5.20. The number of aryl methyl sites for hydroxylation is 2. The van der Waals surface area contributed by atoms with E-state index in [4.69, 9.17) is 5.73 Å². The van der Waals surface area contributed by atoms with Gasteiger partial charge in [0.2, 0.25) is 0 Å². The van der Waals surface area contributed by atoms with E-state index in [1.54, 1.807) is 0 Å². The van der Waals surface area contributed by atoms with Crippen LogP contribution in [0.25, 0.3) is 0 Å². The topological polar surface area (TPSA) is 55.9 Å². The summed E-state index contributed by atoms with van der Waals surface area (Å²) >= 11 is 0. The average Bonchev–Trinajstić information content (AvgIpc) is 3.02. The van der Waals surface area contributed by atoms with Gasteiger partial charge in [0.15, 0.2) is 0 Å². The van der Waals surface area contributed by atoms with E-state index >= 15 is 0 Å². The monoisotopic (exact) mass is 222 g/mol. The molecule has 4 nitrogen and oxygen atoms in total. The molecule has 1 unspecified atom stereocenters. The van der Waals surface area contributed by atoms with Crippen molar-refractivity contribution in [1.29, 1.82) is 0 Å². The van der Waals surface area contributed by atoms with Crippen LogP contribution < -0.4 is 11.1 Å². The minimum atomic E-state index is 0.532. The quantitative estimate of drug-likeness (QED) is 0.803. The highest BCUT2D eigenvalue weighted by Crippen LogP contribution is 2.35. The largest absolute Gasteiger partial charge is 0.394 e. The molecule has 0 amide bonds. The summed E-state index contributed by atoms with van der Waals surface area (Å²) in [7, 11) is 1.94. The number of nitrogens with zero attached hydrogens (tertiary/aromatic N) is 2. The van der Waals surface area contributed by atoms with Gasteiger partial charge in [-0.25, -0.2) is 0 Å². The summed E-state index contributed by atoms with van der Waals surface area (Å²) in [5, 5.41) is 7.85. The molecule has 1 heterocycles. The van der Waals surface area contributed by atoms with Crippen molar-refractivity contribution in [2.45, 2.75) is 45.6 Å². The molecule has 0 spiro atoms. The lowest BCUT2D eigenvalue weighted by atomic mass is 10.1.